The minimum Gasteiger partial charge on any atom is -0.325 e. The van der Waals surface area contributed by atoms with Crippen molar-refractivity contribution < 1.29 is 8.78 Å². The molecular weight excluding hydrogens is 154 g/mol. The van der Waals surface area contributed by atoms with E-state index in [2.05, 4.69) is 10.3 Å². The van der Waals surface area contributed by atoms with E-state index < -0.39 is 13.0 Å². The van der Waals surface area contributed by atoms with E-state index in [9.17, 15) is 8.78 Å². The Morgan fingerprint density at radius 1 is 1.64 bits per heavy atom. The summed E-state index contributed by atoms with van der Waals surface area (Å²) in [4.78, 5) is 0. The molecule has 0 spiro atoms. The van der Waals surface area contributed by atoms with Crippen molar-refractivity contribution in [2.45, 2.75) is 19.5 Å². The Morgan fingerprint density at radius 3 is 2.82 bits per heavy atom. The molecule has 0 radical (unpaired) electrons. The van der Waals surface area contributed by atoms with Crippen LogP contribution in [0.25, 0.3) is 0 Å². The molecule has 0 fully saturated rings. The van der Waals surface area contributed by atoms with Gasteiger partial charge in [0.25, 0.3) is 6.43 Å². The van der Waals surface area contributed by atoms with Crippen LogP contribution < -0.4 is 5.73 Å². The summed E-state index contributed by atoms with van der Waals surface area (Å²) < 4.78 is 24.5. The number of rotatable bonds is 3. The maximum absolute atomic E-state index is 11.7. The molecule has 0 aliphatic heterocycles. The SMILES string of the molecule is NCc1cn(CC(F)F)nn1. The van der Waals surface area contributed by atoms with Gasteiger partial charge in [0.15, 0.2) is 0 Å². The lowest BCUT2D eigenvalue weighted by Gasteiger charge is -1.95. The molecule has 0 saturated carbocycles. The summed E-state index contributed by atoms with van der Waals surface area (Å²) in [5.74, 6) is 0. The highest BCUT2D eigenvalue weighted by molar-refractivity contribution is 4.90. The maximum atomic E-state index is 11.7. The van der Waals surface area contributed by atoms with Crippen LogP contribution in [0.1, 0.15) is 5.69 Å². The Morgan fingerprint density at radius 2 is 2.36 bits per heavy atom. The van der Waals surface area contributed by atoms with Crippen LogP contribution >= 0.6 is 0 Å². The Bertz CT molecular complexity index is 222. The monoisotopic (exact) mass is 162 g/mol. The zero-order valence-electron chi connectivity index (χ0n) is 5.74. The predicted octanol–water partition coefficient (Wildman–Crippen LogP) is 0.00190. The number of hydrogen-bond donors (Lipinski definition) is 1. The van der Waals surface area contributed by atoms with Crippen LogP contribution in [0.2, 0.25) is 0 Å². The van der Waals surface area contributed by atoms with Crippen LogP contribution in [0.3, 0.4) is 0 Å². The molecule has 1 aromatic rings. The molecule has 0 aromatic carbocycles. The maximum Gasteiger partial charge on any atom is 0.257 e. The average Bonchev–Trinajstić information content (AvgIpc) is 2.34. The largest absolute Gasteiger partial charge is 0.325 e. The Balaban J connectivity index is 2.58. The summed E-state index contributed by atoms with van der Waals surface area (Å²) in [5, 5.41) is 6.98. The molecule has 0 aliphatic rings. The number of hydrogen-bond acceptors (Lipinski definition) is 3. The first-order valence-electron chi connectivity index (χ1n) is 3.09. The van der Waals surface area contributed by atoms with Crippen molar-refractivity contribution in [3.05, 3.63) is 11.9 Å². The average molecular weight is 162 g/mol. The molecule has 1 heterocycles. The van der Waals surface area contributed by atoms with Gasteiger partial charge in [-0.05, 0) is 0 Å². The molecule has 11 heavy (non-hydrogen) atoms. The van der Waals surface area contributed by atoms with Gasteiger partial charge in [0.05, 0.1) is 5.69 Å². The van der Waals surface area contributed by atoms with E-state index in [0.717, 1.165) is 4.68 Å². The van der Waals surface area contributed by atoms with Gasteiger partial charge in [0.1, 0.15) is 6.54 Å². The molecule has 1 rings (SSSR count). The van der Waals surface area contributed by atoms with Gasteiger partial charge in [0.2, 0.25) is 0 Å². The highest BCUT2D eigenvalue weighted by Gasteiger charge is 2.05. The molecule has 0 aliphatic carbocycles. The van der Waals surface area contributed by atoms with Gasteiger partial charge in [-0.1, -0.05) is 5.21 Å². The molecule has 0 atom stereocenters. The van der Waals surface area contributed by atoms with Crippen molar-refractivity contribution in [3.8, 4) is 0 Å². The van der Waals surface area contributed by atoms with Crippen LogP contribution in [0.5, 0.6) is 0 Å². The minimum atomic E-state index is -2.40. The lowest BCUT2D eigenvalue weighted by Crippen LogP contribution is -2.06. The summed E-state index contributed by atoms with van der Waals surface area (Å²) >= 11 is 0. The fraction of sp³-hybridized carbons (Fsp3) is 0.600. The van der Waals surface area contributed by atoms with Crippen LogP contribution in [-0.4, -0.2) is 21.4 Å². The summed E-state index contributed by atoms with van der Waals surface area (Å²) in [7, 11) is 0. The Hall–Kier alpha value is -1.04. The second-order valence-corrected chi connectivity index (χ2v) is 2.03. The molecule has 0 unspecified atom stereocenters. The second-order valence-electron chi connectivity index (χ2n) is 2.03. The van der Waals surface area contributed by atoms with Gasteiger partial charge in [-0.3, -0.25) is 0 Å². The zero-order chi connectivity index (χ0) is 8.27. The van der Waals surface area contributed by atoms with Crippen molar-refractivity contribution in [1.82, 2.24) is 15.0 Å². The lowest BCUT2D eigenvalue weighted by molar-refractivity contribution is 0.121. The number of nitrogens with two attached hydrogens (primary N) is 1. The molecule has 0 amide bonds. The van der Waals surface area contributed by atoms with Gasteiger partial charge >= 0.3 is 0 Å². The van der Waals surface area contributed by atoms with E-state index in [4.69, 9.17) is 5.73 Å². The first-order chi connectivity index (χ1) is 5.22. The van der Waals surface area contributed by atoms with Gasteiger partial charge in [-0.15, -0.1) is 5.10 Å². The fourth-order valence-corrected chi connectivity index (χ4v) is 0.663. The van der Waals surface area contributed by atoms with Crippen LogP contribution in [0.15, 0.2) is 6.20 Å². The zero-order valence-corrected chi connectivity index (χ0v) is 5.74. The molecule has 6 heteroatoms. The third-order valence-electron chi connectivity index (χ3n) is 1.12. The van der Waals surface area contributed by atoms with Crippen molar-refractivity contribution >= 4 is 0 Å². The molecule has 2 N–H and O–H groups in total. The van der Waals surface area contributed by atoms with Gasteiger partial charge < -0.3 is 5.73 Å². The Labute approximate surface area is 62.0 Å². The molecule has 62 valence electrons. The predicted molar refractivity (Wildman–Crippen MR) is 33.9 cm³/mol. The van der Waals surface area contributed by atoms with E-state index in [1.807, 2.05) is 0 Å². The Kier molecular flexibility index (Phi) is 2.48. The molecular formula is C5H8F2N4. The number of aromatic nitrogens is 3. The summed E-state index contributed by atoms with van der Waals surface area (Å²) in [6.45, 7) is -0.198. The van der Waals surface area contributed by atoms with Gasteiger partial charge in [-0.25, -0.2) is 13.5 Å². The number of halogens is 2. The summed E-state index contributed by atoms with van der Waals surface area (Å²) in [5.41, 5.74) is 5.71. The van der Waals surface area contributed by atoms with Crippen molar-refractivity contribution in [2.75, 3.05) is 0 Å². The van der Waals surface area contributed by atoms with Crippen molar-refractivity contribution in [3.63, 3.8) is 0 Å². The lowest BCUT2D eigenvalue weighted by atomic mass is 10.5. The molecule has 0 saturated heterocycles. The van der Waals surface area contributed by atoms with Crippen LogP contribution in [-0.2, 0) is 13.1 Å². The van der Waals surface area contributed by atoms with E-state index in [1.165, 1.54) is 6.20 Å². The quantitative estimate of drug-likeness (QED) is 0.680. The first kappa shape index (κ1) is 8.06. The van der Waals surface area contributed by atoms with Gasteiger partial charge in [0, 0.05) is 12.7 Å². The third kappa shape index (κ3) is 2.23. The summed E-state index contributed by atoms with van der Waals surface area (Å²) in [6, 6.07) is 0. The minimum absolute atomic E-state index is 0.225. The summed E-state index contributed by atoms with van der Waals surface area (Å²) in [6.07, 6.45) is -0.992. The first-order valence-corrected chi connectivity index (χ1v) is 3.09. The molecule has 1 aromatic heterocycles. The normalized spacial score (nSPS) is 10.9. The molecule has 0 bridgehead atoms. The molecule has 4 nitrogen and oxygen atoms in total. The number of nitrogens with zero attached hydrogens (tertiary/aromatic N) is 3. The second kappa shape index (κ2) is 3.38. The van der Waals surface area contributed by atoms with E-state index in [1.54, 1.807) is 0 Å². The highest BCUT2D eigenvalue weighted by atomic mass is 19.3. The van der Waals surface area contributed by atoms with E-state index in [0.29, 0.717) is 5.69 Å². The van der Waals surface area contributed by atoms with Gasteiger partial charge in [-0.2, -0.15) is 0 Å². The standard InChI is InChI=1S/C5H8F2N4/c6-5(7)3-11-2-4(1-8)9-10-11/h2,5H,1,3,8H2. The topological polar surface area (TPSA) is 56.7 Å². The number of alkyl halides is 2. The fourth-order valence-electron chi connectivity index (χ4n) is 0.663. The van der Waals surface area contributed by atoms with Crippen LogP contribution in [0, 0.1) is 0 Å². The van der Waals surface area contributed by atoms with E-state index in [-0.39, 0.29) is 6.54 Å². The van der Waals surface area contributed by atoms with Crippen molar-refractivity contribution in [1.29, 1.82) is 0 Å². The van der Waals surface area contributed by atoms with Crippen molar-refractivity contribution in [2.24, 2.45) is 5.73 Å². The van der Waals surface area contributed by atoms with E-state index >= 15 is 0 Å². The van der Waals surface area contributed by atoms with Crippen LogP contribution in [0.4, 0.5) is 8.78 Å². The highest BCUT2D eigenvalue weighted by Crippen LogP contribution is 1.97. The third-order valence-corrected chi connectivity index (χ3v) is 1.12. The smallest absolute Gasteiger partial charge is 0.257 e.